The molecule has 2 heterocycles. The first-order valence-electron chi connectivity index (χ1n) is 12.6. The van der Waals surface area contributed by atoms with Crippen molar-refractivity contribution in [1.29, 1.82) is 0 Å². The number of likely N-dealkylation sites (N-methyl/N-ethyl adjacent to an activating group) is 1. The summed E-state index contributed by atoms with van der Waals surface area (Å²) in [5.74, 6) is 0.607. The van der Waals surface area contributed by atoms with Gasteiger partial charge in [0.25, 0.3) is 0 Å². The fourth-order valence-corrected chi connectivity index (χ4v) is 6.77. The molecule has 1 saturated carbocycles. The molecule has 1 N–H and O–H groups in total. The third-order valence-corrected chi connectivity index (χ3v) is 8.52. The molecule has 1 aliphatic carbocycles. The summed E-state index contributed by atoms with van der Waals surface area (Å²) in [4.78, 5) is 4.97. The van der Waals surface area contributed by atoms with Crippen LogP contribution < -0.4 is 9.80 Å². The van der Waals surface area contributed by atoms with Crippen LogP contribution in [0.5, 0.6) is 0 Å². The lowest BCUT2D eigenvalue weighted by atomic mass is 9.80. The van der Waals surface area contributed by atoms with Crippen LogP contribution in [0.2, 0.25) is 0 Å². The second kappa shape index (κ2) is 8.02. The Balaban J connectivity index is 1.32. The van der Waals surface area contributed by atoms with E-state index < -0.39 is 0 Å². The molecule has 1 fully saturated rings. The minimum Gasteiger partial charge on any atom is -0.392 e. The van der Waals surface area contributed by atoms with Crippen molar-refractivity contribution >= 4 is 23.1 Å². The van der Waals surface area contributed by atoms with Crippen molar-refractivity contribution in [3.8, 4) is 0 Å². The molecule has 0 bridgehead atoms. The second-order valence-corrected chi connectivity index (χ2v) is 10.8. The monoisotopic (exact) mass is 450 g/mol. The molecule has 3 aromatic carbocycles. The third-order valence-electron chi connectivity index (χ3n) is 8.52. The first-order valence-corrected chi connectivity index (χ1v) is 12.6. The maximum absolute atomic E-state index is 9.44. The summed E-state index contributed by atoms with van der Waals surface area (Å²) >= 11 is 0. The van der Waals surface area contributed by atoms with Crippen LogP contribution in [-0.4, -0.2) is 24.2 Å². The van der Waals surface area contributed by atoms with Crippen molar-refractivity contribution in [3.05, 3.63) is 95.1 Å². The number of para-hydroxylation sites is 1. The van der Waals surface area contributed by atoms with Crippen molar-refractivity contribution in [2.45, 2.75) is 63.1 Å². The summed E-state index contributed by atoms with van der Waals surface area (Å²) in [6.07, 6.45) is 8.53. The summed E-state index contributed by atoms with van der Waals surface area (Å²) in [6.45, 7) is 4.81. The molecule has 0 radical (unpaired) electrons. The molecule has 0 saturated heterocycles. The standard InChI is InChI=1S/C31H34N2O/c1-31(2)26-8-4-5-9-29(26)32(3)30(31)18-14-21-13-17-28-25(19-21)24-7-6-10-27(24)33(28)23-15-11-22(20-34)12-16-23/h4-5,8-9,11-19,24,27,30,34H,6-7,10,20H2,1-3H3/b18-14+. The van der Waals surface area contributed by atoms with Gasteiger partial charge in [0.1, 0.15) is 0 Å². The molecule has 3 aliphatic rings. The molecule has 0 amide bonds. The van der Waals surface area contributed by atoms with Gasteiger partial charge in [-0.1, -0.05) is 68.8 Å². The zero-order valence-electron chi connectivity index (χ0n) is 20.4. The lowest BCUT2D eigenvalue weighted by Gasteiger charge is -2.29. The lowest BCUT2D eigenvalue weighted by molar-refractivity contribution is 0.282. The van der Waals surface area contributed by atoms with Crippen LogP contribution in [0.3, 0.4) is 0 Å². The van der Waals surface area contributed by atoms with E-state index in [1.165, 1.54) is 53.0 Å². The average molecular weight is 451 g/mol. The molecule has 3 nitrogen and oxygen atoms in total. The predicted molar refractivity (Wildman–Crippen MR) is 142 cm³/mol. The number of nitrogens with zero attached hydrogens (tertiary/aromatic N) is 2. The van der Waals surface area contributed by atoms with Gasteiger partial charge in [0, 0.05) is 41.5 Å². The Morgan fingerprint density at radius 2 is 1.76 bits per heavy atom. The number of anilines is 3. The molecule has 3 aromatic rings. The second-order valence-electron chi connectivity index (χ2n) is 10.8. The molecule has 0 spiro atoms. The minimum absolute atomic E-state index is 0.0760. The van der Waals surface area contributed by atoms with Gasteiger partial charge in [-0.25, -0.2) is 0 Å². The first kappa shape index (κ1) is 21.5. The fourth-order valence-electron chi connectivity index (χ4n) is 6.77. The summed E-state index contributed by atoms with van der Waals surface area (Å²) in [5, 5.41) is 9.44. The molecular weight excluding hydrogens is 416 g/mol. The van der Waals surface area contributed by atoms with E-state index in [2.05, 4.69) is 97.4 Å². The lowest BCUT2D eigenvalue weighted by Crippen LogP contribution is -2.37. The Morgan fingerprint density at radius 1 is 0.971 bits per heavy atom. The minimum atomic E-state index is 0.0760. The van der Waals surface area contributed by atoms with Crippen LogP contribution >= 0.6 is 0 Å². The van der Waals surface area contributed by atoms with Gasteiger partial charge in [0.05, 0.1) is 12.6 Å². The smallest absolute Gasteiger partial charge is 0.0681 e. The Kier molecular flexibility index (Phi) is 5.07. The SMILES string of the molecule is CN1c2ccccc2C(C)(C)C1/C=C/c1ccc2c(c1)C1CCCC1N2c1ccc(CO)cc1. The van der Waals surface area contributed by atoms with Gasteiger partial charge < -0.3 is 14.9 Å². The molecule has 2 aliphatic heterocycles. The van der Waals surface area contributed by atoms with Crippen LogP contribution in [0.4, 0.5) is 17.1 Å². The molecular formula is C31H34N2O. The summed E-state index contributed by atoms with van der Waals surface area (Å²) in [6, 6.07) is 25.2. The fraction of sp³-hybridized carbons (Fsp3) is 0.355. The molecule has 0 aromatic heterocycles. The number of hydrogen-bond donors (Lipinski definition) is 1. The van der Waals surface area contributed by atoms with Gasteiger partial charge in [-0.3, -0.25) is 0 Å². The van der Waals surface area contributed by atoms with E-state index in [1.54, 1.807) is 0 Å². The van der Waals surface area contributed by atoms with Crippen LogP contribution in [0, 0.1) is 0 Å². The number of benzene rings is 3. The number of hydrogen-bond acceptors (Lipinski definition) is 3. The van der Waals surface area contributed by atoms with E-state index in [0.29, 0.717) is 18.0 Å². The Bertz CT molecular complexity index is 1240. The van der Waals surface area contributed by atoms with E-state index >= 15 is 0 Å². The number of rotatable bonds is 4. The summed E-state index contributed by atoms with van der Waals surface area (Å²) < 4.78 is 0. The summed E-state index contributed by atoms with van der Waals surface area (Å²) in [5.41, 5.74) is 9.20. The Hall–Kier alpha value is -3.04. The van der Waals surface area contributed by atoms with Crippen LogP contribution in [0.1, 0.15) is 61.3 Å². The highest BCUT2D eigenvalue weighted by Gasteiger charge is 2.43. The topological polar surface area (TPSA) is 26.7 Å². The molecule has 3 atom stereocenters. The summed E-state index contributed by atoms with van der Waals surface area (Å²) in [7, 11) is 2.22. The van der Waals surface area contributed by atoms with Crippen molar-refractivity contribution < 1.29 is 5.11 Å². The molecule has 174 valence electrons. The van der Waals surface area contributed by atoms with Crippen LogP contribution in [0.25, 0.3) is 6.08 Å². The average Bonchev–Trinajstić information content (AvgIpc) is 3.49. The van der Waals surface area contributed by atoms with E-state index in [4.69, 9.17) is 0 Å². The quantitative estimate of drug-likeness (QED) is 0.475. The third kappa shape index (κ3) is 3.21. The number of aliphatic hydroxyl groups is 1. The van der Waals surface area contributed by atoms with Gasteiger partial charge >= 0.3 is 0 Å². The number of fused-ring (bicyclic) bond motifs is 4. The largest absolute Gasteiger partial charge is 0.392 e. The molecule has 6 rings (SSSR count). The Morgan fingerprint density at radius 3 is 2.53 bits per heavy atom. The van der Waals surface area contributed by atoms with Gasteiger partial charge in [-0.2, -0.15) is 0 Å². The van der Waals surface area contributed by atoms with Crippen LogP contribution in [-0.2, 0) is 12.0 Å². The zero-order valence-corrected chi connectivity index (χ0v) is 20.4. The van der Waals surface area contributed by atoms with Crippen molar-refractivity contribution in [1.82, 2.24) is 0 Å². The van der Waals surface area contributed by atoms with E-state index in [0.717, 1.165) is 5.56 Å². The normalized spacial score (nSPS) is 24.5. The van der Waals surface area contributed by atoms with Crippen molar-refractivity contribution in [2.75, 3.05) is 16.8 Å². The molecule has 34 heavy (non-hydrogen) atoms. The van der Waals surface area contributed by atoms with Gasteiger partial charge in [-0.05, 0) is 65.4 Å². The van der Waals surface area contributed by atoms with E-state index in [1.807, 2.05) is 12.1 Å². The van der Waals surface area contributed by atoms with Gasteiger partial charge in [0.2, 0.25) is 0 Å². The van der Waals surface area contributed by atoms with E-state index in [-0.39, 0.29) is 12.0 Å². The molecule has 3 unspecified atom stereocenters. The van der Waals surface area contributed by atoms with Crippen molar-refractivity contribution in [2.24, 2.45) is 0 Å². The highest BCUT2D eigenvalue weighted by atomic mass is 16.3. The molecule has 3 heteroatoms. The zero-order chi connectivity index (χ0) is 23.4. The first-order chi connectivity index (χ1) is 16.5. The maximum atomic E-state index is 9.44. The Labute approximate surface area is 203 Å². The predicted octanol–water partition coefficient (Wildman–Crippen LogP) is 6.78. The highest BCUT2D eigenvalue weighted by Crippen LogP contribution is 2.52. The van der Waals surface area contributed by atoms with E-state index in [9.17, 15) is 5.11 Å². The van der Waals surface area contributed by atoms with Gasteiger partial charge in [0.15, 0.2) is 0 Å². The maximum Gasteiger partial charge on any atom is 0.0681 e. The highest BCUT2D eigenvalue weighted by molar-refractivity contribution is 5.75. The van der Waals surface area contributed by atoms with Crippen molar-refractivity contribution in [3.63, 3.8) is 0 Å². The van der Waals surface area contributed by atoms with Gasteiger partial charge in [-0.15, -0.1) is 0 Å². The number of aliphatic hydroxyl groups excluding tert-OH is 1. The van der Waals surface area contributed by atoms with Crippen LogP contribution in [0.15, 0.2) is 72.8 Å².